The van der Waals surface area contributed by atoms with Crippen molar-refractivity contribution in [1.29, 1.82) is 0 Å². The van der Waals surface area contributed by atoms with E-state index in [1.54, 1.807) is 30.3 Å². The van der Waals surface area contributed by atoms with Gasteiger partial charge >= 0.3 is 0 Å². The molecule has 34 heavy (non-hydrogen) atoms. The second-order valence-corrected chi connectivity index (χ2v) is 11.0. The highest BCUT2D eigenvalue weighted by molar-refractivity contribution is 7.89. The first kappa shape index (κ1) is 25.8. The molecule has 0 saturated heterocycles. The summed E-state index contributed by atoms with van der Waals surface area (Å²) >= 11 is 0. The zero-order valence-corrected chi connectivity index (χ0v) is 20.7. The number of sulfonamides is 1. The number of carbonyl (C=O) groups excluding carboxylic acids is 1. The monoisotopic (exact) mass is 484 g/mol. The van der Waals surface area contributed by atoms with Crippen LogP contribution in [0.3, 0.4) is 0 Å². The molecule has 3 atom stereocenters. The largest absolute Gasteiger partial charge is 0.386 e. The molecule has 0 aliphatic carbocycles. The van der Waals surface area contributed by atoms with E-state index in [9.17, 15) is 23.1 Å². The Balaban J connectivity index is 1.80. The van der Waals surface area contributed by atoms with Crippen LogP contribution in [-0.4, -0.2) is 31.5 Å². The van der Waals surface area contributed by atoms with Gasteiger partial charge in [0.1, 0.15) is 12.1 Å². The van der Waals surface area contributed by atoms with Crippen LogP contribution in [0.4, 0.5) is 0 Å². The first-order valence-corrected chi connectivity index (χ1v) is 12.9. The zero-order valence-electron chi connectivity index (χ0n) is 19.9. The Morgan fingerprint density at radius 2 is 1.50 bits per heavy atom. The molecule has 8 heteroatoms. The number of aliphatic hydroxyl groups is 1. The van der Waals surface area contributed by atoms with Gasteiger partial charge in [-0.25, -0.2) is 8.42 Å². The number of carbonyl (C=O) groups is 1. The van der Waals surface area contributed by atoms with Crippen molar-refractivity contribution < 1.29 is 18.3 Å². The second-order valence-electron chi connectivity index (χ2n) is 9.32. The lowest BCUT2D eigenvalue weighted by Gasteiger charge is -2.29. The van der Waals surface area contributed by atoms with Crippen LogP contribution in [0.2, 0.25) is 0 Å². The zero-order chi connectivity index (χ0) is 25.0. The van der Waals surface area contributed by atoms with Gasteiger partial charge in [0.15, 0.2) is 5.43 Å². The number of hydrogen-bond donors (Lipinski definition) is 3. The quantitative estimate of drug-likeness (QED) is 0.387. The average molecular weight is 485 g/mol. The van der Waals surface area contributed by atoms with Crippen LogP contribution in [0.25, 0.3) is 11.1 Å². The van der Waals surface area contributed by atoms with E-state index in [1.807, 2.05) is 45.9 Å². The molecule has 0 fully saturated rings. The molecule has 0 aliphatic heterocycles. The van der Waals surface area contributed by atoms with Crippen molar-refractivity contribution >= 4 is 15.9 Å². The molecule has 0 spiro atoms. The normalized spacial score (nSPS) is 14.9. The van der Waals surface area contributed by atoms with Crippen LogP contribution >= 0.6 is 0 Å². The van der Waals surface area contributed by atoms with Crippen molar-refractivity contribution in [3.05, 3.63) is 76.5 Å². The fourth-order valence-electron chi connectivity index (χ4n) is 3.95. The maximum absolute atomic E-state index is 13.2. The van der Waals surface area contributed by atoms with Crippen LogP contribution in [0.1, 0.15) is 45.8 Å². The van der Waals surface area contributed by atoms with Gasteiger partial charge in [-0.15, -0.1) is 0 Å². The number of rotatable bonds is 11. The molecule has 0 aliphatic rings. The van der Waals surface area contributed by atoms with Crippen LogP contribution in [-0.2, 0) is 14.8 Å². The number of hydrogen-bond acceptors (Lipinski definition) is 5. The van der Waals surface area contributed by atoms with E-state index in [1.165, 1.54) is 12.1 Å². The van der Waals surface area contributed by atoms with Gasteiger partial charge in [0.2, 0.25) is 15.9 Å². The lowest BCUT2D eigenvalue weighted by atomic mass is 9.95. The third-order valence-corrected chi connectivity index (χ3v) is 7.27. The fourth-order valence-corrected chi connectivity index (χ4v) is 5.18. The molecule has 3 aromatic rings. The lowest BCUT2D eigenvalue weighted by molar-refractivity contribution is -0.125. The number of aliphatic hydroxyl groups excluding tert-OH is 1. The molecule has 3 aromatic carbocycles. The second kappa shape index (κ2) is 10.6. The molecule has 0 aromatic heterocycles. The van der Waals surface area contributed by atoms with Crippen LogP contribution in [0, 0.1) is 11.8 Å². The molecular formula is C26H32N2O5S. The Morgan fingerprint density at radius 3 is 2.03 bits per heavy atom. The van der Waals surface area contributed by atoms with Gasteiger partial charge in [-0.1, -0.05) is 76.2 Å². The Bertz CT molecular complexity index is 1210. The summed E-state index contributed by atoms with van der Waals surface area (Å²) in [5.41, 5.74) is 1.26. The molecule has 1 amide bonds. The number of amides is 1. The van der Waals surface area contributed by atoms with Crippen LogP contribution < -0.4 is 15.5 Å². The topological polar surface area (TPSA) is 113 Å². The molecule has 0 saturated carbocycles. The van der Waals surface area contributed by atoms with Crippen molar-refractivity contribution in [3.8, 4) is 11.1 Å². The van der Waals surface area contributed by atoms with Gasteiger partial charge in [-0.05, 0) is 36.0 Å². The lowest BCUT2D eigenvalue weighted by Crippen LogP contribution is -2.52. The summed E-state index contributed by atoms with van der Waals surface area (Å²) in [4.78, 5) is 25.8. The minimum absolute atomic E-state index is 0.0362. The Kier molecular flexibility index (Phi) is 8.07. The van der Waals surface area contributed by atoms with E-state index in [2.05, 4.69) is 10.0 Å². The summed E-state index contributed by atoms with van der Waals surface area (Å²) < 4.78 is 28.2. The van der Waals surface area contributed by atoms with E-state index in [0.717, 1.165) is 5.56 Å². The third-order valence-electron chi connectivity index (χ3n) is 5.78. The van der Waals surface area contributed by atoms with Crippen molar-refractivity contribution in [3.63, 3.8) is 0 Å². The molecule has 182 valence electrons. The summed E-state index contributed by atoms with van der Waals surface area (Å²) in [5.74, 6) is -0.711. The predicted molar refractivity (Wildman–Crippen MR) is 132 cm³/mol. The van der Waals surface area contributed by atoms with Crippen molar-refractivity contribution in [2.75, 3.05) is 0 Å². The van der Waals surface area contributed by atoms with Crippen LogP contribution in [0.5, 0.6) is 0 Å². The first-order chi connectivity index (χ1) is 16.0. The minimum atomic E-state index is -3.92. The van der Waals surface area contributed by atoms with E-state index < -0.39 is 34.1 Å². The first-order valence-electron chi connectivity index (χ1n) is 11.4. The molecule has 0 bridgehead atoms. The summed E-state index contributed by atoms with van der Waals surface area (Å²) in [7, 11) is -3.92. The molecule has 3 rings (SSSR count). The molecule has 0 unspecified atom stereocenters. The maximum Gasteiger partial charge on any atom is 0.241 e. The highest BCUT2D eigenvalue weighted by Crippen LogP contribution is 2.33. The SMILES string of the molecule is CC(C)C[C@H](NS(=O)(=O)c1ccccc1)C(=O)N[C@@H](C(C)C)[C@H](O)c1c(-c2ccccc2)c1=O. The van der Waals surface area contributed by atoms with Gasteiger partial charge in [0.05, 0.1) is 10.9 Å². The van der Waals surface area contributed by atoms with Crippen LogP contribution in [0.15, 0.2) is 70.4 Å². The van der Waals surface area contributed by atoms with E-state index in [-0.39, 0.29) is 34.1 Å². The van der Waals surface area contributed by atoms with Gasteiger partial charge in [0, 0.05) is 11.1 Å². The number of benzene rings is 2. The van der Waals surface area contributed by atoms with Gasteiger partial charge < -0.3 is 10.4 Å². The predicted octanol–water partition coefficient (Wildman–Crippen LogP) is 3.16. The van der Waals surface area contributed by atoms with E-state index >= 15 is 0 Å². The summed E-state index contributed by atoms with van der Waals surface area (Å²) in [6.45, 7) is 7.45. The standard InChI is InChI=1S/C26H32N2O5S/c1-16(2)15-20(28-34(32,33)19-13-9-6-10-14-19)26(31)27-23(17(3)4)25(30)22-21(24(22)29)18-11-7-5-8-12-18/h5-14,16-17,20,23,25,28,30H,15H2,1-4H3,(H,27,31)/t20-,23-,25+/m0/s1. The maximum atomic E-state index is 13.2. The smallest absolute Gasteiger partial charge is 0.241 e. The minimum Gasteiger partial charge on any atom is -0.386 e. The van der Waals surface area contributed by atoms with Crippen molar-refractivity contribution in [2.45, 2.75) is 57.2 Å². The molecule has 3 N–H and O–H groups in total. The summed E-state index contributed by atoms with van der Waals surface area (Å²) in [6, 6.07) is 15.1. The highest BCUT2D eigenvalue weighted by Gasteiger charge is 2.38. The highest BCUT2D eigenvalue weighted by atomic mass is 32.2. The van der Waals surface area contributed by atoms with Crippen molar-refractivity contribution in [1.82, 2.24) is 10.0 Å². The van der Waals surface area contributed by atoms with Gasteiger partial charge in [-0.2, -0.15) is 4.72 Å². The Hall–Kier alpha value is -2.81. The average Bonchev–Trinajstić information content (AvgIpc) is 3.47. The van der Waals surface area contributed by atoms with E-state index in [4.69, 9.17) is 0 Å². The summed E-state index contributed by atoms with van der Waals surface area (Å²) in [6.07, 6.45) is -0.924. The molecule has 0 radical (unpaired) electrons. The van der Waals surface area contributed by atoms with E-state index in [0.29, 0.717) is 5.56 Å². The Labute approximate surface area is 201 Å². The third kappa shape index (κ3) is 6.00. The van der Waals surface area contributed by atoms with Gasteiger partial charge in [-0.3, -0.25) is 9.59 Å². The molecule has 7 nitrogen and oxygen atoms in total. The number of nitrogens with one attached hydrogen (secondary N) is 2. The van der Waals surface area contributed by atoms with Crippen molar-refractivity contribution in [2.24, 2.45) is 11.8 Å². The Morgan fingerprint density at radius 1 is 0.941 bits per heavy atom. The summed E-state index contributed by atoms with van der Waals surface area (Å²) in [5, 5.41) is 13.8. The molecule has 0 heterocycles. The molecular weight excluding hydrogens is 452 g/mol. The fraction of sp³-hybridized carbons (Fsp3) is 0.385. The van der Waals surface area contributed by atoms with Gasteiger partial charge in [0.25, 0.3) is 0 Å².